The minimum Gasteiger partial charge on any atom is -0.492 e. The average molecular weight is 400 g/mol. The van der Waals surface area contributed by atoms with Crippen LogP contribution in [0.5, 0.6) is 5.75 Å². The first-order valence-electron chi connectivity index (χ1n) is 8.73. The van der Waals surface area contributed by atoms with Gasteiger partial charge < -0.3 is 15.4 Å². The van der Waals surface area contributed by atoms with Crippen molar-refractivity contribution in [2.24, 2.45) is 0 Å². The van der Waals surface area contributed by atoms with Gasteiger partial charge in [-0.15, -0.1) is 24.8 Å². The van der Waals surface area contributed by atoms with E-state index >= 15 is 0 Å². The summed E-state index contributed by atoms with van der Waals surface area (Å²) >= 11 is 0. The molecule has 0 spiro atoms. The molecule has 8 heteroatoms. The van der Waals surface area contributed by atoms with E-state index in [2.05, 4.69) is 22.5 Å². The summed E-state index contributed by atoms with van der Waals surface area (Å²) in [4.78, 5) is 13.5. The van der Waals surface area contributed by atoms with Crippen molar-refractivity contribution in [3.8, 4) is 5.75 Å². The first kappa shape index (κ1) is 22.4. The van der Waals surface area contributed by atoms with Crippen molar-refractivity contribution >= 4 is 30.6 Å². The Morgan fingerprint density at radius 1 is 1.19 bits per heavy atom. The number of rotatable bonds is 7. The molecule has 2 aromatic rings. The van der Waals surface area contributed by atoms with Crippen LogP contribution in [0, 0.1) is 0 Å². The lowest BCUT2D eigenvalue weighted by atomic mass is 10.1. The quantitative estimate of drug-likeness (QED) is 0.697. The lowest BCUT2D eigenvalue weighted by Gasteiger charge is -2.14. The maximum absolute atomic E-state index is 5.68. The summed E-state index contributed by atoms with van der Waals surface area (Å²) < 4.78 is 5.68. The minimum absolute atomic E-state index is 0. The Labute approximate surface area is 167 Å². The second-order valence-electron chi connectivity index (χ2n) is 5.83. The smallest absolute Gasteiger partial charge is 0.137 e. The van der Waals surface area contributed by atoms with Crippen LogP contribution in [0.15, 0.2) is 24.5 Å². The van der Waals surface area contributed by atoms with E-state index in [0.29, 0.717) is 6.61 Å². The molecule has 0 unspecified atom stereocenters. The highest BCUT2D eigenvalue weighted by Gasteiger charge is 2.15. The van der Waals surface area contributed by atoms with Gasteiger partial charge in [-0.05, 0) is 31.5 Å². The van der Waals surface area contributed by atoms with Crippen molar-refractivity contribution in [3.63, 3.8) is 0 Å². The van der Waals surface area contributed by atoms with Gasteiger partial charge in [-0.2, -0.15) is 0 Å². The highest BCUT2D eigenvalue weighted by molar-refractivity contribution is 5.85. The molecule has 0 aromatic carbocycles. The minimum atomic E-state index is 0. The zero-order valence-electron chi connectivity index (χ0n) is 15.0. The molecule has 2 N–H and O–H groups in total. The third-order valence-electron chi connectivity index (χ3n) is 4.06. The third-order valence-corrected chi connectivity index (χ3v) is 4.06. The molecule has 1 aliphatic rings. The highest BCUT2D eigenvalue weighted by Crippen LogP contribution is 2.20. The third kappa shape index (κ3) is 6.27. The van der Waals surface area contributed by atoms with Gasteiger partial charge in [-0.1, -0.05) is 6.92 Å². The van der Waals surface area contributed by atoms with Crippen molar-refractivity contribution < 1.29 is 4.74 Å². The molecule has 0 aliphatic carbocycles. The average Bonchev–Trinajstić information content (AvgIpc) is 2.87. The van der Waals surface area contributed by atoms with Gasteiger partial charge >= 0.3 is 0 Å². The zero-order chi connectivity index (χ0) is 16.6. The first-order valence-corrected chi connectivity index (χ1v) is 8.73. The fraction of sp³-hybridized carbons (Fsp3) is 0.500. The van der Waals surface area contributed by atoms with Gasteiger partial charge in [0.1, 0.15) is 17.4 Å². The number of fused-ring (bicyclic) bond motifs is 1. The van der Waals surface area contributed by atoms with Crippen molar-refractivity contribution in [2.45, 2.75) is 32.6 Å². The van der Waals surface area contributed by atoms with Crippen molar-refractivity contribution in [1.29, 1.82) is 0 Å². The SMILES string of the molecule is CCc1nc2c(c(NCCCOc3cccnc3)n1)CCNCC2.Cl.Cl. The van der Waals surface area contributed by atoms with Crippen LogP contribution in [0.25, 0.3) is 0 Å². The van der Waals surface area contributed by atoms with Crippen molar-refractivity contribution in [2.75, 3.05) is 31.6 Å². The monoisotopic (exact) mass is 399 g/mol. The Morgan fingerprint density at radius 2 is 2.04 bits per heavy atom. The molecule has 3 rings (SSSR count). The van der Waals surface area contributed by atoms with Crippen molar-refractivity contribution in [1.82, 2.24) is 20.3 Å². The van der Waals surface area contributed by atoms with Crippen molar-refractivity contribution in [3.05, 3.63) is 41.6 Å². The summed E-state index contributed by atoms with van der Waals surface area (Å²) in [6.07, 6.45) is 7.21. The molecule has 2 aromatic heterocycles. The molecule has 0 fully saturated rings. The summed E-state index contributed by atoms with van der Waals surface area (Å²) in [5.74, 6) is 2.74. The van der Waals surface area contributed by atoms with Gasteiger partial charge in [0.15, 0.2) is 0 Å². The molecule has 3 heterocycles. The molecule has 0 atom stereocenters. The van der Waals surface area contributed by atoms with Crippen LogP contribution in [0.1, 0.15) is 30.4 Å². The maximum Gasteiger partial charge on any atom is 0.137 e. The molecule has 0 saturated heterocycles. The Balaban J connectivity index is 0.00000169. The molecular weight excluding hydrogens is 373 g/mol. The summed E-state index contributed by atoms with van der Waals surface area (Å²) in [6.45, 7) is 5.57. The van der Waals surface area contributed by atoms with Crippen LogP contribution >= 0.6 is 24.8 Å². The summed E-state index contributed by atoms with van der Waals surface area (Å²) in [6, 6.07) is 3.80. The molecule has 144 valence electrons. The van der Waals surface area contributed by atoms with E-state index in [4.69, 9.17) is 14.7 Å². The van der Waals surface area contributed by atoms with Gasteiger partial charge in [0.2, 0.25) is 0 Å². The van der Waals surface area contributed by atoms with Gasteiger partial charge in [0.25, 0.3) is 0 Å². The predicted octanol–water partition coefficient (Wildman–Crippen LogP) is 2.85. The normalized spacial score (nSPS) is 12.8. The van der Waals surface area contributed by atoms with Gasteiger partial charge in [0, 0.05) is 37.7 Å². The molecule has 26 heavy (non-hydrogen) atoms. The van der Waals surface area contributed by atoms with Gasteiger partial charge in [-0.25, -0.2) is 9.97 Å². The molecule has 6 nitrogen and oxygen atoms in total. The predicted molar refractivity (Wildman–Crippen MR) is 109 cm³/mol. The van der Waals surface area contributed by atoms with Crippen LogP contribution in [-0.2, 0) is 19.3 Å². The highest BCUT2D eigenvalue weighted by atomic mass is 35.5. The van der Waals surface area contributed by atoms with Gasteiger partial charge in [-0.3, -0.25) is 4.98 Å². The van der Waals surface area contributed by atoms with Crippen LogP contribution in [0.4, 0.5) is 5.82 Å². The molecule has 1 aliphatic heterocycles. The Morgan fingerprint density at radius 3 is 2.81 bits per heavy atom. The molecule has 0 saturated carbocycles. The number of halogens is 2. The first-order chi connectivity index (χ1) is 11.9. The number of hydrogen-bond donors (Lipinski definition) is 2. The van der Waals surface area contributed by atoms with Gasteiger partial charge in [0.05, 0.1) is 18.5 Å². The number of hydrogen-bond acceptors (Lipinski definition) is 6. The number of aryl methyl sites for hydroxylation is 1. The standard InChI is InChI=1S/C18H25N5O.2ClH/c1-2-17-22-16-7-11-19-10-6-15(16)18(23-17)21-9-4-12-24-14-5-3-8-20-13-14;;/h3,5,8,13,19H,2,4,6-7,9-12H2,1H3,(H,21,22,23);2*1H. The Kier molecular flexibility index (Phi) is 10.2. The largest absolute Gasteiger partial charge is 0.492 e. The van der Waals surface area contributed by atoms with Crippen LogP contribution < -0.4 is 15.4 Å². The number of anilines is 1. The molecule has 0 amide bonds. The van der Waals surface area contributed by atoms with Crippen LogP contribution in [0.3, 0.4) is 0 Å². The van der Waals surface area contributed by atoms with Crippen LogP contribution in [0.2, 0.25) is 0 Å². The second-order valence-corrected chi connectivity index (χ2v) is 5.83. The van der Waals surface area contributed by atoms with E-state index in [1.165, 1.54) is 11.3 Å². The summed E-state index contributed by atoms with van der Waals surface area (Å²) in [5.41, 5.74) is 2.46. The maximum atomic E-state index is 5.68. The number of ether oxygens (including phenoxy) is 1. The fourth-order valence-electron chi connectivity index (χ4n) is 2.80. The summed E-state index contributed by atoms with van der Waals surface area (Å²) in [7, 11) is 0. The summed E-state index contributed by atoms with van der Waals surface area (Å²) in [5, 5.41) is 6.92. The van der Waals surface area contributed by atoms with E-state index in [0.717, 1.165) is 62.7 Å². The Hall–Kier alpha value is -1.63. The fourth-order valence-corrected chi connectivity index (χ4v) is 2.80. The van der Waals surface area contributed by atoms with E-state index < -0.39 is 0 Å². The van der Waals surface area contributed by atoms with E-state index in [-0.39, 0.29) is 24.8 Å². The molecule has 0 radical (unpaired) electrons. The topological polar surface area (TPSA) is 72.0 Å². The lowest BCUT2D eigenvalue weighted by molar-refractivity contribution is 0.313. The number of nitrogens with one attached hydrogen (secondary N) is 2. The number of pyridine rings is 1. The second kappa shape index (κ2) is 11.9. The van der Waals surface area contributed by atoms with E-state index in [9.17, 15) is 0 Å². The zero-order valence-corrected chi connectivity index (χ0v) is 16.7. The molecular formula is C18H27Cl2N5O. The van der Waals surface area contributed by atoms with Crippen LogP contribution in [-0.4, -0.2) is 41.2 Å². The van der Waals surface area contributed by atoms with E-state index in [1.807, 2.05) is 12.1 Å². The van der Waals surface area contributed by atoms with E-state index in [1.54, 1.807) is 12.4 Å². The lowest BCUT2D eigenvalue weighted by Crippen LogP contribution is -2.16. The number of nitrogens with zero attached hydrogens (tertiary/aromatic N) is 3. The molecule has 0 bridgehead atoms. The Bertz CT molecular complexity index is 658. The number of aromatic nitrogens is 3.